The second-order valence-electron chi connectivity index (χ2n) is 0.691. The zero-order chi connectivity index (χ0) is 6.28. The molecular weight excluding hydrogens is 190 g/mol. The molecule has 7 heteroatoms. The molecule has 0 radical (unpaired) electrons. The fraction of sp³-hybridized carbons (Fsp3) is 1.00. The van der Waals surface area contributed by atoms with Gasteiger partial charge in [-0.15, -0.1) is 0 Å². The van der Waals surface area contributed by atoms with Crippen LogP contribution in [0.5, 0.6) is 0 Å². The molecule has 4 nitrogen and oxygen atoms in total. The Morgan fingerprint density at radius 1 is 1.33 bits per heavy atom. The molecule has 0 rings (SSSR count). The summed E-state index contributed by atoms with van der Waals surface area (Å²) >= 11 is 1.75. The van der Waals surface area contributed by atoms with Crippen molar-refractivity contribution in [1.29, 1.82) is 0 Å². The fourth-order valence-corrected chi connectivity index (χ4v) is 0. The Balaban J connectivity index is -0.0000000233. The number of thioether (sulfide) groups is 1. The van der Waals surface area contributed by atoms with Crippen LogP contribution in [0.1, 0.15) is 0 Å². The normalized spacial score (nSPS) is 5.89. The van der Waals surface area contributed by atoms with Crippen LogP contribution in [0, 0.1) is 0 Å². The van der Waals surface area contributed by atoms with Gasteiger partial charge < -0.3 is 15.3 Å². The first-order valence-corrected chi connectivity index (χ1v) is 4.40. The first kappa shape index (κ1) is 22.5. The van der Waals surface area contributed by atoms with E-state index in [1.165, 1.54) is 0 Å². The van der Waals surface area contributed by atoms with Gasteiger partial charge in [-0.3, -0.25) is 4.57 Å². The second-order valence-corrected chi connectivity index (χ2v) is 2.07. The Morgan fingerprint density at radius 2 is 1.33 bits per heavy atom. The molecule has 0 aliphatic carbocycles. The van der Waals surface area contributed by atoms with E-state index in [2.05, 4.69) is 0 Å². The molecule has 0 heterocycles. The SMILES string of the molecule is CSC.O.O=[PH](O)O.[KH]. The Morgan fingerprint density at radius 3 is 1.33 bits per heavy atom. The zero-order valence-corrected chi connectivity index (χ0v) is 6.53. The molecule has 0 atom stereocenters. The number of hydrogen-bond donors (Lipinski definition) is 2. The van der Waals surface area contributed by atoms with Gasteiger partial charge in [-0.2, -0.15) is 11.8 Å². The van der Waals surface area contributed by atoms with E-state index in [1.807, 2.05) is 12.5 Å². The van der Waals surface area contributed by atoms with Gasteiger partial charge in [-0.25, -0.2) is 0 Å². The van der Waals surface area contributed by atoms with E-state index in [-0.39, 0.29) is 56.9 Å². The van der Waals surface area contributed by atoms with Crippen molar-refractivity contribution in [3.8, 4) is 0 Å². The maximum atomic E-state index is 8.74. The van der Waals surface area contributed by atoms with E-state index in [0.717, 1.165) is 0 Å². The molecule has 0 saturated heterocycles. The molecule has 0 unspecified atom stereocenters. The van der Waals surface area contributed by atoms with Crippen LogP contribution in [0.2, 0.25) is 0 Å². The van der Waals surface area contributed by atoms with E-state index >= 15 is 0 Å². The first-order valence-electron chi connectivity index (χ1n) is 1.47. The molecule has 0 amide bonds. The van der Waals surface area contributed by atoms with Gasteiger partial charge in [0.05, 0.1) is 0 Å². The molecular formula is C2H12KO4PS. The van der Waals surface area contributed by atoms with E-state index in [0.29, 0.717) is 0 Å². The van der Waals surface area contributed by atoms with Crippen LogP contribution < -0.4 is 0 Å². The summed E-state index contributed by atoms with van der Waals surface area (Å²) in [6.45, 7) is 0. The number of hydrogen-bond acceptors (Lipinski definition) is 2. The summed E-state index contributed by atoms with van der Waals surface area (Å²) in [4.78, 5) is 14.3. The molecule has 0 saturated carbocycles. The first-order chi connectivity index (χ1) is 3.15. The van der Waals surface area contributed by atoms with Gasteiger partial charge in [0.25, 0.3) is 0 Å². The average molecular weight is 202 g/mol. The van der Waals surface area contributed by atoms with Gasteiger partial charge in [0, 0.05) is 0 Å². The van der Waals surface area contributed by atoms with Crippen LogP contribution in [0.4, 0.5) is 0 Å². The van der Waals surface area contributed by atoms with Crippen molar-refractivity contribution in [2.24, 2.45) is 0 Å². The van der Waals surface area contributed by atoms with Crippen molar-refractivity contribution in [3.05, 3.63) is 0 Å². The van der Waals surface area contributed by atoms with Crippen LogP contribution in [0.25, 0.3) is 0 Å². The molecule has 0 fully saturated rings. The summed E-state index contributed by atoms with van der Waals surface area (Å²) in [5.74, 6) is 0. The summed E-state index contributed by atoms with van der Waals surface area (Å²) in [6, 6.07) is 0. The third-order valence-electron chi connectivity index (χ3n) is 0. The predicted molar refractivity (Wildman–Crippen MR) is 43.6 cm³/mol. The van der Waals surface area contributed by atoms with Crippen molar-refractivity contribution >= 4 is 71.4 Å². The van der Waals surface area contributed by atoms with Crippen LogP contribution in [-0.4, -0.2) is 79.2 Å². The molecule has 0 bridgehead atoms. The molecule has 0 spiro atoms. The van der Waals surface area contributed by atoms with Gasteiger partial charge in [0.1, 0.15) is 0 Å². The van der Waals surface area contributed by atoms with Crippen molar-refractivity contribution in [1.82, 2.24) is 0 Å². The van der Waals surface area contributed by atoms with Crippen LogP contribution >= 0.6 is 20.0 Å². The predicted octanol–water partition coefficient (Wildman–Crippen LogP) is -1.13. The Kier molecular flexibility index (Phi) is 56.1. The van der Waals surface area contributed by atoms with E-state index in [1.54, 1.807) is 11.8 Å². The average Bonchev–Trinajstić information content (AvgIpc) is 1.33. The monoisotopic (exact) mass is 202 g/mol. The van der Waals surface area contributed by atoms with E-state index in [4.69, 9.17) is 14.4 Å². The van der Waals surface area contributed by atoms with Crippen molar-refractivity contribution in [2.45, 2.75) is 0 Å². The van der Waals surface area contributed by atoms with Crippen LogP contribution in [0.15, 0.2) is 0 Å². The Bertz CT molecular complexity index is 49.8. The van der Waals surface area contributed by atoms with Crippen molar-refractivity contribution in [2.75, 3.05) is 12.5 Å². The van der Waals surface area contributed by atoms with Gasteiger partial charge in [0.2, 0.25) is 0 Å². The van der Waals surface area contributed by atoms with E-state index in [9.17, 15) is 0 Å². The Labute approximate surface area is 102 Å². The molecule has 9 heavy (non-hydrogen) atoms. The Hall–Kier alpha value is 2.10. The molecule has 0 aliphatic rings. The van der Waals surface area contributed by atoms with Crippen molar-refractivity contribution in [3.63, 3.8) is 0 Å². The third-order valence-corrected chi connectivity index (χ3v) is 0. The van der Waals surface area contributed by atoms with Gasteiger partial charge in [0.15, 0.2) is 0 Å². The van der Waals surface area contributed by atoms with Gasteiger partial charge >= 0.3 is 59.6 Å². The molecule has 0 aromatic carbocycles. The molecule has 0 aromatic rings. The fourth-order valence-electron chi connectivity index (χ4n) is 0. The summed E-state index contributed by atoms with van der Waals surface area (Å²) in [5.41, 5.74) is 0. The standard InChI is InChI=1S/C2H6S.K.H3O3P.H2O.H/c1-3-2;;1-4(2)3;;/h1-2H3;;4H,(H2,1,2,3);1H2;. The summed E-state index contributed by atoms with van der Waals surface area (Å²) in [5, 5.41) is 0. The molecule has 0 aliphatic heterocycles. The van der Waals surface area contributed by atoms with Gasteiger partial charge in [-0.1, -0.05) is 0 Å². The van der Waals surface area contributed by atoms with Crippen LogP contribution in [0.3, 0.4) is 0 Å². The van der Waals surface area contributed by atoms with Crippen LogP contribution in [-0.2, 0) is 4.57 Å². The quantitative estimate of drug-likeness (QED) is 0.384. The molecule has 4 N–H and O–H groups in total. The molecule has 56 valence electrons. The topological polar surface area (TPSA) is 89.0 Å². The molecule has 0 aromatic heterocycles. The van der Waals surface area contributed by atoms with E-state index < -0.39 is 8.25 Å². The second kappa shape index (κ2) is 22.5. The summed E-state index contributed by atoms with van der Waals surface area (Å²) < 4.78 is 8.74. The summed E-state index contributed by atoms with van der Waals surface area (Å²) in [6.07, 6.45) is 4.08. The van der Waals surface area contributed by atoms with Crippen molar-refractivity contribution < 1.29 is 19.8 Å². The number of rotatable bonds is 0. The maximum absolute atomic E-state index is 8.74. The zero-order valence-electron chi connectivity index (χ0n) is 4.71. The van der Waals surface area contributed by atoms with Gasteiger partial charge in [-0.05, 0) is 12.5 Å². The summed E-state index contributed by atoms with van der Waals surface area (Å²) in [7, 11) is -3.13. The minimum atomic E-state index is -3.13. The third kappa shape index (κ3) is 151. The minimum absolute atomic E-state index is 0.